The average molecular weight is 648 g/mol. The summed E-state index contributed by atoms with van der Waals surface area (Å²) in [5.41, 5.74) is 10.4. The molecule has 2 aromatic rings. The molecule has 1 heteroatoms. The molecule has 0 saturated heterocycles. The highest BCUT2D eigenvalue weighted by Gasteiger charge is 2.42. The van der Waals surface area contributed by atoms with Crippen LogP contribution in [0, 0.1) is 0 Å². The molecule has 0 radical (unpaired) electrons. The lowest BCUT2D eigenvalue weighted by Crippen LogP contribution is -2.26. The Balaban J connectivity index is 0.00000116. The number of para-hydroxylation sites is 1. The summed E-state index contributed by atoms with van der Waals surface area (Å²) >= 11 is 0. The molecule has 2 aliphatic rings. The van der Waals surface area contributed by atoms with Crippen LogP contribution in [0.5, 0.6) is 0 Å². The lowest BCUT2D eigenvalue weighted by atomic mass is 9.78. The minimum Gasteiger partial charge on any atom is -0.337 e. The predicted molar refractivity (Wildman–Crippen MR) is 223 cm³/mol. The summed E-state index contributed by atoms with van der Waals surface area (Å²) in [7, 11) is 0. The smallest absolute Gasteiger partial charge is 0.0455 e. The van der Waals surface area contributed by atoms with E-state index in [1.54, 1.807) is 6.08 Å². The molecule has 262 valence electrons. The first kappa shape index (κ1) is 44.2. The number of hydrogen-bond acceptors (Lipinski definition) is 1. The van der Waals surface area contributed by atoms with Crippen LogP contribution in [0.15, 0.2) is 135 Å². The molecule has 2 aromatic carbocycles. The van der Waals surface area contributed by atoms with E-state index in [-0.39, 0.29) is 5.41 Å². The Kier molecular flexibility index (Phi) is 21.6. The number of nitrogens with zero attached hydrogens (tertiary/aromatic N) is 1. The lowest BCUT2D eigenvalue weighted by Gasteiger charge is -2.34. The summed E-state index contributed by atoms with van der Waals surface area (Å²) < 4.78 is 0. The van der Waals surface area contributed by atoms with Gasteiger partial charge in [-0.25, -0.2) is 0 Å². The zero-order chi connectivity index (χ0) is 36.8. The molecule has 4 rings (SSSR count). The molecule has 2 aliphatic carbocycles. The van der Waals surface area contributed by atoms with Crippen molar-refractivity contribution in [3.63, 3.8) is 0 Å². The van der Waals surface area contributed by atoms with E-state index in [2.05, 4.69) is 126 Å². The second-order valence-electron chi connectivity index (χ2n) is 12.6. The first-order valence-electron chi connectivity index (χ1n) is 18.2. The molecular formula is C47H69N. The normalized spacial score (nSPS) is 14.1. The van der Waals surface area contributed by atoms with Crippen molar-refractivity contribution in [2.45, 2.75) is 119 Å². The van der Waals surface area contributed by atoms with Gasteiger partial charge in [-0.3, -0.25) is 0 Å². The van der Waals surface area contributed by atoms with E-state index in [1.807, 2.05) is 65.8 Å². The van der Waals surface area contributed by atoms with Gasteiger partial charge in [0.25, 0.3) is 0 Å². The Hall–Kier alpha value is -3.84. The molecule has 0 unspecified atom stereocenters. The van der Waals surface area contributed by atoms with Crippen molar-refractivity contribution in [3.05, 3.63) is 152 Å². The second-order valence-corrected chi connectivity index (χ2v) is 12.6. The summed E-state index contributed by atoms with van der Waals surface area (Å²) in [6, 6.07) is 15.8. The summed E-state index contributed by atoms with van der Waals surface area (Å²) in [5, 5.41) is 0. The molecule has 0 heterocycles. The standard InChI is InChI=1S/C31H37N.C7H12.C5H8.2C2H6/c1-7-8-13-20-32(29-15-10-9-14-27(29)30(5,6)23(2)3)25-16-17-26-24(4)22-31(28(26)21-25)18-11-12-19-31;1-3-5-7-6-4-2;1-4-5(2)3;2*1-2/h7-10,13-17,21H,1-2,4,11-12,18-20,22H2,3,5-6H3;3,5-7H,4H2,1-2H3;4H,1-2H2,3H3;2*1-2H3/b13-8-;5-3-,7-6-;;;. The molecular weight excluding hydrogens is 579 g/mol. The maximum atomic E-state index is 4.43. The third-order valence-electron chi connectivity index (χ3n) is 8.90. The van der Waals surface area contributed by atoms with Crippen LogP contribution in [-0.4, -0.2) is 6.54 Å². The van der Waals surface area contributed by atoms with Gasteiger partial charge in [-0.2, -0.15) is 0 Å². The monoisotopic (exact) mass is 648 g/mol. The third-order valence-corrected chi connectivity index (χ3v) is 8.90. The zero-order valence-electron chi connectivity index (χ0n) is 32.6. The van der Waals surface area contributed by atoms with Gasteiger partial charge in [0.2, 0.25) is 0 Å². The Morgan fingerprint density at radius 1 is 0.896 bits per heavy atom. The number of allylic oxidation sites excluding steroid dienone is 10. The summed E-state index contributed by atoms with van der Waals surface area (Å²) in [4.78, 5) is 2.45. The topological polar surface area (TPSA) is 3.24 Å². The van der Waals surface area contributed by atoms with E-state index < -0.39 is 0 Å². The third kappa shape index (κ3) is 12.6. The second kappa shape index (κ2) is 23.5. The van der Waals surface area contributed by atoms with E-state index in [4.69, 9.17) is 0 Å². The van der Waals surface area contributed by atoms with Crippen molar-refractivity contribution in [2.75, 3.05) is 11.4 Å². The molecule has 0 aliphatic heterocycles. The largest absolute Gasteiger partial charge is 0.337 e. The highest BCUT2D eigenvalue weighted by atomic mass is 15.1. The summed E-state index contributed by atoms with van der Waals surface area (Å²) in [6.07, 6.45) is 23.5. The molecule has 1 nitrogen and oxygen atoms in total. The number of rotatable bonds is 10. The fourth-order valence-corrected chi connectivity index (χ4v) is 5.94. The Bertz CT molecular complexity index is 1380. The van der Waals surface area contributed by atoms with Crippen molar-refractivity contribution in [3.8, 4) is 0 Å². The number of benzene rings is 2. The highest BCUT2D eigenvalue weighted by Crippen LogP contribution is 2.55. The fraction of sp³-hybridized carbons (Fsp3) is 0.404. The first-order valence-corrected chi connectivity index (χ1v) is 18.2. The van der Waals surface area contributed by atoms with Crippen molar-refractivity contribution in [2.24, 2.45) is 0 Å². The predicted octanol–water partition coefficient (Wildman–Crippen LogP) is 15.0. The van der Waals surface area contributed by atoms with Crippen LogP contribution in [0.4, 0.5) is 11.4 Å². The number of anilines is 2. The molecule has 0 N–H and O–H groups in total. The number of hydrogen-bond donors (Lipinski definition) is 0. The molecule has 1 saturated carbocycles. The molecule has 1 spiro atoms. The molecule has 0 amide bonds. The maximum absolute atomic E-state index is 4.43. The van der Waals surface area contributed by atoms with Gasteiger partial charge in [-0.05, 0) is 86.9 Å². The Labute approximate surface area is 298 Å². The minimum atomic E-state index is -0.116. The van der Waals surface area contributed by atoms with Gasteiger partial charge >= 0.3 is 0 Å². The van der Waals surface area contributed by atoms with Crippen LogP contribution in [0.3, 0.4) is 0 Å². The van der Waals surface area contributed by atoms with Gasteiger partial charge in [0, 0.05) is 28.7 Å². The van der Waals surface area contributed by atoms with Crippen LogP contribution >= 0.6 is 0 Å². The molecule has 48 heavy (non-hydrogen) atoms. The van der Waals surface area contributed by atoms with Crippen molar-refractivity contribution in [1.29, 1.82) is 0 Å². The van der Waals surface area contributed by atoms with Gasteiger partial charge < -0.3 is 4.90 Å². The van der Waals surface area contributed by atoms with E-state index in [0.717, 1.165) is 25.0 Å². The average Bonchev–Trinajstić information content (AvgIpc) is 3.69. The van der Waals surface area contributed by atoms with Gasteiger partial charge in [-0.1, -0.05) is 178 Å². The molecule has 0 atom stereocenters. The van der Waals surface area contributed by atoms with Crippen molar-refractivity contribution < 1.29 is 0 Å². The van der Waals surface area contributed by atoms with Gasteiger partial charge in [0.15, 0.2) is 0 Å². The van der Waals surface area contributed by atoms with Gasteiger partial charge in [0.1, 0.15) is 0 Å². The van der Waals surface area contributed by atoms with E-state index >= 15 is 0 Å². The van der Waals surface area contributed by atoms with Crippen LogP contribution < -0.4 is 4.90 Å². The fourth-order valence-electron chi connectivity index (χ4n) is 5.94. The summed E-state index contributed by atoms with van der Waals surface area (Å²) in [5.74, 6) is 0. The maximum Gasteiger partial charge on any atom is 0.0455 e. The molecule has 1 fully saturated rings. The Morgan fingerprint density at radius 3 is 2.02 bits per heavy atom. The quantitative estimate of drug-likeness (QED) is 0.183. The minimum absolute atomic E-state index is 0.116. The van der Waals surface area contributed by atoms with E-state index in [0.29, 0.717) is 5.41 Å². The van der Waals surface area contributed by atoms with Gasteiger partial charge in [0.05, 0.1) is 0 Å². The Morgan fingerprint density at radius 2 is 1.50 bits per heavy atom. The SMILES string of the molecule is C/C=C\C=C/CC.C=C/C=C\CN(c1ccc2c(c1)C1(CCCC1)CC2=C)c1ccccc1C(C)(C)C(=C)C.C=CC(=C)C.CC.CC. The van der Waals surface area contributed by atoms with Crippen LogP contribution in [-0.2, 0) is 10.8 Å². The molecule has 0 bridgehead atoms. The van der Waals surface area contributed by atoms with Crippen LogP contribution in [0.1, 0.15) is 124 Å². The first-order chi connectivity index (χ1) is 23.0. The number of fused-ring (bicyclic) bond motifs is 2. The van der Waals surface area contributed by atoms with Crippen molar-refractivity contribution >= 4 is 16.9 Å². The van der Waals surface area contributed by atoms with E-state index in [9.17, 15) is 0 Å². The zero-order valence-corrected chi connectivity index (χ0v) is 32.6. The molecule has 0 aromatic heterocycles. The van der Waals surface area contributed by atoms with E-state index in [1.165, 1.54) is 64.9 Å². The van der Waals surface area contributed by atoms with Crippen molar-refractivity contribution in [1.82, 2.24) is 0 Å². The summed E-state index contributed by atoms with van der Waals surface area (Å²) in [6.45, 7) is 41.1. The van der Waals surface area contributed by atoms with Crippen LogP contribution in [0.25, 0.3) is 5.57 Å². The van der Waals surface area contributed by atoms with Crippen LogP contribution in [0.2, 0.25) is 0 Å². The highest BCUT2D eigenvalue weighted by molar-refractivity contribution is 5.79. The lowest BCUT2D eigenvalue weighted by molar-refractivity contribution is 0.469. The van der Waals surface area contributed by atoms with Gasteiger partial charge in [-0.15, -0.1) is 0 Å².